The highest BCUT2D eigenvalue weighted by atomic mass is 35.5. The van der Waals surface area contributed by atoms with Crippen LogP contribution in [0.2, 0.25) is 5.02 Å². The normalized spacial score (nSPS) is 12.4. The fraction of sp³-hybridized carbons (Fsp3) is 0.214. The summed E-state index contributed by atoms with van der Waals surface area (Å²) in [5, 5.41) is 0.509. The summed E-state index contributed by atoms with van der Waals surface area (Å²) in [6.07, 6.45) is 2.13. The molecular weight excluding hydrogens is 265 g/mol. The molecule has 0 aliphatic rings. The first-order chi connectivity index (χ1) is 9.11. The third-order valence-electron chi connectivity index (χ3n) is 3.06. The van der Waals surface area contributed by atoms with Crippen LogP contribution in [0.15, 0.2) is 36.5 Å². The maximum Gasteiger partial charge on any atom is 0.126 e. The Morgan fingerprint density at radius 3 is 2.89 bits per heavy atom. The molecule has 1 unspecified atom stereocenters. The number of hydrogen-bond acceptors (Lipinski definition) is 3. The maximum atomic E-state index is 13.7. The van der Waals surface area contributed by atoms with Crippen LogP contribution < -0.4 is 11.3 Å². The zero-order valence-corrected chi connectivity index (χ0v) is 11.3. The minimum absolute atomic E-state index is 0.207. The lowest BCUT2D eigenvalue weighted by Crippen LogP contribution is -2.30. The number of aromatic nitrogens is 1. The number of benzene rings is 1. The number of nitrogens with two attached hydrogens (primary N) is 1. The number of halogens is 2. The van der Waals surface area contributed by atoms with Crippen molar-refractivity contribution >= 4 is 11.6 Å². The van der Waals surface area contributed by atoms with Gasteiger partial charge in [-0.25, -0.2) is 4.39 Å². The third-order valence-corrected chi connectivity index (χ3v) is 3.29. The van der Waals surface area contributed by atoms with Crippen molar-refractivity contribution in [2.75, 3.05) is 0 Å². The van der Waals surface area contributed by atoms with Gasteiger partial charge in [0.05, 0.1) is 6.04 Å². The molecule has 0 aliphatic heterocycles. The molecule has 0 amide bonds. The molecule has 0 bridgehead atoms. The van der Waals surface area contributed by atoms with Crippen molar-refractivity contribution in [1.29, 1.82) is 0 Å². The van der Waals surface area contributed by atoms with Crippen molar-refractivity contribution < 1.29 is 4.39 Å². The predicted molar refractivity (Wildman–Crippen MR) is 74.2 cm³/mol. The highest BCUT2D eigenvalue weighted by Crippen LogP contribution is 2.23. The quantitative estimate of drug-likeness (QED) is 0.668. The number of hydrogen-bond donors (Lipinski definition) is 2. The number of hydrazine groups is 1. The molecule has 0 radical (unpaired) electrons. The summed E-state index contributed by atoms with van der Waals surface area (Å²) < 4.78 is 13.7. The molecule has 2 rings (SSSR count). The SMILES string of the molecule is Cc1ncccc1C(Cc1cc(Cl)ccc1F)NN. The molecule has 3 nitrogen and oxygen atoms in total. The molecule has 1 heterocycles. The van der Waals surface area contributed by atoms with Gasteiger partial charge in [-0.05, 0) is 48.7 Å². The van der Waals surface area contributed by atoms with E-state index in [1.165, 1.54) is 12.1 Å². The van der Waals surface area contributed by atoms with Gasteiger partial charge < -0.3 is 0 Å². The standard InChI is InChI=1S/C14H15ClFN3/c1-9-12(3-2-6-18-9)14(19-17)8-10-7-11(15)4-5-13(10)16/h2-7,14,19H,8,17H2,1H3. The van der Waals surface area contributed by atoms with E-state index in [-0.39, 0.29) is 11.9 Å². The lowest BCUT2D eigenvalue weighted by Gasteiger charge is -2.18. The van der Waals surface area contributed by atoms with Crippen molar-refractivity contribution in [1.82, 2.24) is 10.4 Å². The predicted octanol–water partition coefficient (Wildman–Crippen LogP) is 2.93. The van der Waals surface area contributed by atoms with Crippen LogP contribution in [0.1, 0.15) is 22.9 Å². The van der Waals surface area contributed by atoms with Gasteiger partial charge in [0, 0.05) is 16.9 Å². The van der Waals surface area contributed by atoms with Crippen LogP contribution in [-0.2, 0) is 6.42 Å². The first kappa shape index (κ1) is 13.9. The van der Waals surface area contributed by atoms with Crippen LogP contribution >= 0.6 is 11.6 Å². The van der Waals surface area contributed by atoms with Crippen LogP contribution in [0.25, 0.3) is 0 Å². The molecule has 19 heavy (non-hydrogen) atoms. The first-order valence-corrected chi connectivity index (χ1v) is 6.31. The van der Waals surface area contributed by atoms with E-state index >= 15 is 0 Å². The summed E-state index contributed by atoms with van der Waals surface area (Å²) in [7, 11) is 0. The molecule has 2 aromatic rings. The number of aryl methyl sites for hydroxylation is 1. The van der Waals surface area contributed by atoms with Crippen molar-refractivity contribution in [3.05, 3.63) is 64.2 Å². The van der Waals surface area contributed by atoms with Crippen molar-refractivity contribution in [2.24, 2.45) is 5.84 Å². The molecule has 3 N–H and O–H groups in total. The topological polar surface area (TPSA) is 50.9 Å². The van der Waals surface area contributed by atoms with Gasteiger partial charge in [-0.1, -0.05) is 17.7 Å². The Hall–Kier alpha value is -1.49. The molecular formula is C14H15ClFN3. The summed E-state index contributed by atoms with van der Waals surface area (Å²) >= 11 is 5.89. The van der Waals surface area contributed by atoms with Gasteiger partial charge in [-0.3, -0.25) is 16.3 Å². The van der Waals surface area contributed by atoms with Gasteiger partial charge in [-0.15, -0.1) is 0 Å². The molecule has 0 aliphatic carbocycles. The average molecular weight is 280 g/mol. The van der Waals surface area contributed by atoms with Crippen LogP contribution in [0.4, 0.5) is 4.39 Å². The monoisotopic (exact) mass is 279 g/mol. The zero-order chi connectivity index (χ0) is 13.8. The van der Waals surface area contributed by atoms with Gasteiger partial charge in [0.15, 0.2) is 0 Å². The largest absolute Gasteiger partial charge is 0.271 e. The Kier molecular flexibility index (Phi) is 4.47. The van der Waals surface area contributed by atoms with Gasteiger partial charge in [0.1, 0.15) is 5.82 Å². The Morgan fingerprint density at radius 1 is 1.42 bits per heavy atom. The molecule has 5 heteroatoms. The lowest BCUT2D eigenvalue weighted by molar-refractivity contribution is 0.525. The summed E-state index contributed by atoms with van der Waals surface area (Å²) in [5.41, 5.74) is 5.05. The Bertz CT molecular complexity index is 574. The van der Waals surface area contributed by atoms with E-state index in [9.17, 15) is 4.39 Å². The van der Waals surface area contributed by atoms with E-state index in [0.717, 1.165) is 11.3 Å². The van der Waals surface area contributed by atoms with E-state index in [2.05, 4.69) is 10.4 Å². The van der Waals surface area contributed by atoms with Crippen molar-refractivity contribution in [3.8, 4) is 0 Å². The highest BCUT2D eigenvalue weighted by Gasteiger charge is 2.15. The fourth-order valence-corrected chi connectivity index (χ4v) is 2.24. The number of nitrogens with one attached hydrogen (secondary N) is 1. The highest BCUT2D eigenvalue weighted by molar-refractivity contribution is 6.30. The van der Waals surface area contributed by atoms with E-state index < -0.39 is 0 Å². The van der Waals surface area contributed by atoms with E-state index in [1.807, 2.05) is 19.1 Å². The first-order valence-electron chi connectivity index (χ1n) is 5.93. The van der Waals surface area contributed by atoms with Crippen LogP contribution in [0.5, 0.6) is 0 Å². The zero-order valence-electron chi connectivity index (χ0n) is 10.5. The van der Waals surface area contributed by atoms with Crippen molar-refractivity contribution in [2.45, 2.75) is 19.4 Å². The molecule has 0 fully saturated rings. The van der Waals surface area contributed by atoms with Crippen LogP contribution in [0.3, 0.4) is 0 Å². The minimum Gasteiger partial charge on any atom is -0.271 e. The summed E-state index contributed by atoms with van der Waals surface area (Å²) in [6, 6.07) is 8.06. The molecule has 0 saturated heterocycles. The number of nitrogens with zero attached hydrogens (tertiary/aromatic N) is 1. The lowest BCUT2D eigenvalue weighted by atomic mass is 9.98. The van der Waals surface area contributed by atoms with E-state index in [4.69, 9.17) is 17.4 Å². The Morgan fingerprint density at radius 2 is 2.21 bits per heavy atom. The molecule has 0 spiro atoms. The number of pyridine rings is 1. The molecule has 100 valence electrons. The smallest absolute Gasteiger partial charge is 0.126 e. The van der Waals surface area contributed by atoms with Gasteiger partial charge in [-0.2, -0.15) is 0 Å². The number of rotatable bonds is 4. The molecule has 1 aromatic carbocycles. The molecule has 0 saturated carbocycles. The van der Waals surface area contributed by atoms with Gasteiger partial charge in [0.25, 0.3) is 0 Å². The van der Waals surface area contributed by atoms with Crippen LogP contribution in [0, 0.1) is 12.7 Å². The maximum absolute atomic E-state index is 13.7. The molecule has 1 atom stereocenters. The Labute approximate surface area is 116 Å². The summed E-state index contributed by atoms with van der Waals surface area (Å²) in [5.74, 6) is 5.29. The van der Waals surface area contributed by atoms with E-state index in [1.54, 1.807) is 12.3 Å². The van der Waals surface area contributed by atoms with Crippen LogP contribution in [-0.4, -0.2) is 4.98 Å². The summed E-state index contributed by atoms with van der Waals surface area (Å²) in [4.78, 5) is 4.21. The second-order valence-electron chi connectivity index (χ2n) is 4.34. The third kappa shape index (κ3) is 3.29. The fourth-order valence-electron chi connectivity index (χ4n) is 2.04. The van der Waals surface area contributed by atoms with E-state index in [0.29, 0.717) is 17.0 Å². The van der Waals surface area contributed by atoms with Gasteiger partial charge >= 0.3 is 0 Å². The Balaban J connectivity index is 2.29. The van der Waals surface area contributed by atoms with Crippen molar-refractivity contribution in [3.63, 3.8) is 0 Å². The minimum atomic E-state index is -0.286. The second kappa shape index (κ2) is 6.10. The molecule has 1 aromatic heterocycles. The second-order valence-corrected chi connectivity index (χ2v) is 4.77. The van der Waals surface area contributed by atoms with Gasteiger partial charge in [0.2, 0.25) is 0 Å². The summed E-state index contributed by atoms with van der Waals surface area (Å²) in [6.45, 7) is 1.90. The average Bonchev–Trinajstić information content (AvgIpc) is 2.41.